The highest BCUT2D eigenvalue weighted by atomic mass is 16.5. The van der Waals surface area contributed by atoms with E-state index in [4.69, 9.17) is 16.2 Å². The highest BCUT2D eigenvalue weighted by molar-refractivity contribution is 5.79. The first-order chi connectivity index (χ1) is 7.11. The van der Waals surface area contributed by atoms with Crippen LogP contribution in [0.2, 0.25) is 0 Å². The summed E-state index contributed by atoms with van der Waals surface area (Å²) >= 11 is 0. The van der Waals surface area contributed by atoms with Crippen molar-refractivity contribution in [1.29, 1.82) is 0 Å². The van der Waals surface area contributed by atoms with Gasteiger partial charge in [0.25, 0.3) is 0 Å². The molecule has 1 amide bonds. The minimum absolute atomic E-state index is 0.0865. The van der Waals surface area contributed by atoms with Gasteiger partial charge in [0.1, 0.15) is 6.04 Å². The van der Waals surface area contributed by atoms with Crippen molar-refractivity contribution in [3.63, 3.8) is 0 Å². The lowest BCUT2D eigenvalue weighted by Crippen LogP contribution is -2.40. The summed E-state index contributed by atoms with van der Waals surface area (Å²) in [5.41, 5.74) is 11.5. The van der Waals surface area contributed by atoms with Crippen LogP contribution in [0.4, 0.5) is 0 Å². The molecule has 0 saturated carbocycles. The lowest BCUT2D eigenvalue weighted by Gasteiger charge is -2.15. The van der Waals surface area contributed by atoms with Crippen LogP contribution < -0.4 is 11.5 Å². The molecule has 0 heterocycles. The summed E-state index contributed by atoms with van der Waals surface area (Å²) in [6.45, 7) is 2.05. The van der Waals surface area contributed by atoms with E-state index in [1.807, 2.05) is 37.3 Å². The zero-order chi connectivity index (χ0) is 11.3. The molecule has 2 unspecified atom stereocenters. The number of primary amides is 1. The van der Waals surface area contributed by atoms with Crippen molar-refractivity contribution in [1.82, 2.24) is 0 Å². The lowest BCUT2D eigenvalue weighted by molar-refractivity contribution is -0.121. The molecule has 4 nitrogen and oxygen atoms in total. The van der Waals surface area contributed by atoms with E-state index in [-0.39, 0.29) is 12.7 Å². The Morgan fingerprint density at radius 1 is 1.40 bits per heavy atom. The van der Waals surface area contributed by atoms with Crippen molar-refractivity contribution in [2.75, 3.05) is 6.61 Å². The first-order valence-electron chi connectivity index (χ1n) is 4.82. The number of amides is 1. The molecule has 0 saturated heterocycles. The molecule has 0 fully saturated rings. The Bertz CT molecular complexity index is 314. The van der Waals surface area contributed by atoms with Crippen molar-refractivity contribution in [3.8, 4) is 0 Å². The molecule has 0 spiro atoms. The van der Waals surface area contributed by atoms with Crippen molar-refractivity contribution < 1.29 is 9.53 Å². The van der Waals surface area contributed by atoms with E-state index in [2.05, 4.69) is 0 Å². The third kappa shape index (κ3) is 3.69. The topological polar surface area (TPSA) is 78.3 Å². The van der Waals surface area contributed by atoms with E-state index < -0.39 is 11.9 Å². The summed E-state index contributed by atoms with van der Waals surface area (Å²) in [6.07, 6.45) is -0.0865. The van der Waals surface area contributed by atoms with E-state index >= 15 is 0 Å². The van der Waals surface area contributed by atoms with Crippen LogP contribution in [0.3, 0.4) is 0 Å². The molecule has 0 aromatic heterocycles. The van der Waals surface area contributed by atoms with Crippen molar-refractivity contribution in [2.45, 2.75) is 19.1 Å². The first kappa shape index (κ1) is 11.7. The van der Waals surface area contributed by atoms with Crippen LogP contribution in [0.15, 0.2) is 30.3 Å². The van der Waals surface area contributed by atoms with Crippen molar-refractivity contribution in [2.24, 2.45) is 11.5 Å². The molecule has 0 aliphatic carbocycles. The second-order valence-electron chi connectivity index (χ2n) is 3.40. The Hall–Kier alpha value is -1.39. The average Bonchev–Trinajstić information content (AvgIpc) is 2.26. The quantitative estimate of drug-likeness (QED) is 0.742. The maximum Gasteiger partial charge on any atom is 0.236 e. The second kappa shape index (κ2) is 5.48. The summed E-state index contributed by atoms with van der Waals surface area (Å²) in [4.78, 5) is 10.7. The van der Waals surface area contributed by atoms with Gasteiger partial charge in [0.05, 0.1) is 12.7 Å². The lowest BCUT2D eigenvalue weighted by atomic mass is 10.1. The third-order valence-electron chi connectivity index (χ3n) is 2.16. The van der Waals surface area contributed by atoms with Crippen LogP contribution in [0, 0.1) is 0 Å². The zero-order valence-electron chi connectivity index (χ0n) is 8.72. The number of carbonyl (C=O) groups excluding carboxylic acids is 1. The van der Waals surface area contributed by atoms with Gasteiger partial charge in [-0.2, -0.15) is 0 Å². The number of rotatable bonds is 5. The molecule has 0 aliphatic heterocycles. The normalized spacial score (nSPS) is 14.5. The summed E-state index contributed by atoms with van der Waals surface area (Å²) < 4.78 is 5.43. The van der Waals surface area contributed by atoms with E-state index in [9.17, 15) is 4.79 Å². The van der Waals surface area contributed by atoms with Crippen molar-refractivity contribution >= 4 is 5.91 Å². The Labute approximate surface area is 89.2 Å². The fourth-order valence-corrected chi connectivity index (χ4v) is 1.15. The maximum absolute atomic E-state index is 10.7. The number of carbonyl (C=O) groups is 1. The van der Waals surface area contributed by atoms with Gasteiger partial charge in [0.15, 0.2) is 0 Å². The third-order valence-corrected chi connectivity index (χ3v) is 2.16. The Morgan fingerprint density at radius 3 is 2.53 bits per heavy atom. The number of nitrogens with two attached hydrogens (primary N) is 2. The Kier molecular flexibility index (Phi) is 4.27. The molecule has 1 rings (SSSR count). The van der Waals surface area contributed by atoms with E-state index in [1.54, 1.807) is 0 Å². The van der Waals surface area contributed by atoms with Gasteiger partial charge in [-0.15, -0.1) is 0 Å². The van der Waals surface area contributed by atoms with Gasteiger partial charge < -0.3 is 16.2 Å². The maximum atomic E-state index is 10.7. The van der Waals surface area contributed by atoms with Gasteiger partial charge >= 0.3 is 0 Å². The summed E-state index contributed by atoms with van der Waals surface area (Å²) in [6, 6.07) is 8.98. The average molecular weight is 208 g/mol. The summed E-state index contributed by atoms with van der Waals surface area (Å²) in [5, 5.41) is 0. The van der Waals surface area contributed by atoms with Crippen LogP contribution in [0.25, 0.3) is 0 Å². The number of hydrogen-bond acceptors (Lipinski definition) is 3. The van der Waals surface area contributed by atoms with Gasteiger partial charge in [-0.05, 0) is 12.5 Å². The molecule has 4 heteroatoms. The molecule has 2 atom stereocenters. The number of hydrogen-bond donors (Lipinski definition) is 2. The van der Waals surface area contributed by atoms with Crippen LogP contribution >= 0.6 is 0 Å². The molecule has 0 radical (unpaired) electrons. The van der Waals surface area contributed by atoms with Gasteiger partial charge in [-0.3, -0.25) is 4.79 Å². The summed E-state index contributed by atoms with van der Waals surface area (Å²) in [7, 11) is 0. The fourth-order valence-electron chi connectivity index (χ4n) is 1.15. The highest BCUT2D eigenvalue weighted by Gasteiger charge is 2.12. The Morgan fingerprint density at radius 2 is 2.00 bits per heavy atom. The second-order valence-corrected chi connectivity index (χ2v) is 3.40. The molecule has 82 valence electrons. The first-order valence-corrected chi connectivity index (χ1v) is 4.82. The fraction of sp³-hybridized carbons (Fsp3) is 0.364. The molecule has 1 aromatic rings. The number of benzene rings is 1. The van der Waals surface area contributed by atoms with Gasteiger partial charge in [0, 0.05) is 0 Å². The molecular weight excluding hydrogens is 192 g/mol. The van der Waals surface area contributed by atoms with Gasteiger partial charge in [-0.1, -0.05) is 30.3 Å². The molecule has 4 N–H and O–H groups in total. The van der Waals surface area contributed by atoms with Gasteiger partial charge in [-0.25, -0.2) is 0 Å². The van der Waals surface area contributed by atoms with Gasteiger partial charge in [0.2, 0.25) is 5.91 Å². The molecular formula is C11H16N2O2. The molecule has 0 aliphatic rings. The van der Waals surface area contributed by atoms with Crippen LogP contribution in [-0.2, 0) is 9.53 Å². The minimum atomic E-state index is -0.740. The van der Waals surface area contributed by atoms with E-state index in [0.717, 1.165) is 5.56 Å². The largest absolute Gasteiger partial charge is 0.372 e. The highest BCUT2D eigenvalue weighted by Crippen LogP contribution is 2.15. The standard InChI is InChI=1S/C11H16N2O2/c1-8(9-5-3-2-4-6-9)15-7-10(12)11(13)14/h2-6,8,10H,7,12H2,1H3,(H2,13,14). The summed E-state index contributed by atoms with van der Waals surface area (Å²) in [5.74, 6) is -0.546. The smallest absolute Gasteiger partial charge is 0.236 e. The predicted octanol–water partition coefficient (Wildman–Crippen LogP) is 0.577. The number of ether oxygens (including phenoxy) is 1. The van der Waals surface area contributed by atoms with Crippen LogP contribution in [0.1, 0.15) is 18.6 Å². The van der Waals surface area contributed by atoms with Crippen LogP contribution in [0.5, 0.6) is 0 Å². The van der Waals surface area contributed by atoms with Crippen LogP contribution in [-0.4, -0.2) is 18.6 Å². The molecule has 0 bridgehead atoms. The van der Waals surface area contributed by atoms with E-state index in [1.165, 1.54) is 0 Å². The monoisotopic (exact) mass is 208 g/mol. The Balaban J connectivity index is 2.43. The SMILES string of the molecule is CC(OCC(N)C(N)=O)c1ccccc1. The minimum Gasteiger partial charge on any atom is -0.372 e. The predicted molar refractivity (Wildman–Crippen MR) is 58.0 cm³/mol. The zero-order valence-corrected chi connectivity index (χ0v) is 8.72. The van der Waals surface area contributed by atoms with Crippen molar-refractivity contribution in [3.05, 3.63) is 35.9 Å². The molecule has 1 aromatic carbocycles. The van der Waals surface area contributed by atoms with E-state index in [0.29, 0.717) is 0 Å². The molecule has 15 heavy (non-hydrogen) atoms.